The molecule has 1 aliphatic heterocycles. The molecular weight excluding hydrogens is 297 g/mol. The fourth-order valence-corrected chi connectivity index (χ4v) is 3.56. The van der Waals surface area contributed by atoms with E-state index in [2.05, 4.69) is 0 Å². The first kappa shape index (κ1) is 14.2. The van der Waals surface area contributed by atoms with Crippen LogP contribution >= 0.6 is 23.2 Å². The number of benzene rings is 1. The van der Waals surface area contributed by atoms with Crippen molar-refractivity contribution in [2.75, 3.05) is 13.1 Å². The predicted molar refractivity (Wildman–Crippen MR) is 79.1 cm³/mol. The third-order valence-corrected chi connectivity index (χ3v) is 4.57. The van der Waals surface area contributed by atoms with E-state index in [0.717, 1.165) is 31.4 Å². The molecule has 20 heavy (non-hydrogen) atoms. The summed E-state index contributed by atoms with van der Waals surface area (Å²) < 4.78 is 0. The standard InChI is InChI=1S/C15H17Cl2NO2/c16-10-4-9(5-11(17)6-10)13-7-14(13)15(20)18-3-1-2-12(19)8-18/h4-6,12-14,19H,1-3,7-8H2/t12-,13+,14-/m1/s1. The van der Waals surface area contributed by atoms with Crippen molar-refractivity contribution in [2.45, 2.75) is 31.3 Å². The second-order valence-corrected chi connectivity index (χ2v) is 6.60. The number of aliphatic hydroxyl groups is 1. The summed E-state index contributed by atoms with van der Waals surface area (Å²) in [7, 11) is 0. The van der Waals surface area contributed by atoms with Crippen molar-refractivity contribution < 1.29 is 9.90 Å². The molecule has 1 aliphatic carbocycles. The molecule has 1 saturated carbocycles. The van der Waals surface area contributed by atoms with Gasteiger partial charge in [-0.1, -0.05) is 23.2 Å². The maximum Gasteiger partial charge on any atom is 0.226 e. The van der Waals surface area contributed by atoms with Gasteiger partial charge in [-0.15, -0.1) is 0 Å². The fourth-order valence-electron chi connectivity index (χ4n) is 3.01. The minimum atomic E-state index is -0.370. The molecule has 1 saturated heterocycles. The lowest BCUT2D eigenvalue weighted by atomic mass is 10.1. The number of likely N-dealkylation sites (tertiary alicyclic amines) is 1. The number of aliphatic hydroxyl groups excluding tert-OH is 1. The van der Waals surface area contributed by atoms with Gasteiger partial charge in [-0.05, 0) is 48.9 Å². The van der Waals surface area contributed by atoms with E-state index < -0.39 is 0 Å². The normalized spacial score (nSPS) is 29.4. The first-order valence-corrected chi connectivity index (χ1v) is 7.73. The second-order valence-electron chi connectivity index (χ2n) is 5.73. The third-order valence-electron chi connectivity index (χ3n) is 4.13. The maximum atomic E-state index is 12.4. The van der Waals surface area contributed by atoms with Crippen LogP contribution in [0, 0.1) is 5.92 Å². The van der Waals surface area contributed by atoms with Gasteiger partial charge in [0.15, 0.2) is 0 Å². The minimum Gasteiger partial charge on any atom is -0.391 e. The minimum absolute atomic E-state index is 0.0230. The Bertz CT molecular complexity index is 514. The van der Waals surface area contributed by atoms with E-state index in [-0.39, 0.29) is 23.8 Å². The molecule has 1 N–H and O–H groups in total. The zero-order chi connectivity index (χ0) is 14.3. The van der Waals surface area contributed by atoms with Crippen LogP contribution in [-0.4, -0.2) is 35.1 Å². The van der Waals surface area contributed by atoms with Crippen molar-refractivity contribution in [3.63, 3.8) is 0 Å². The monoisotopic (exact) mass is 313 g/mol. The summed E-state index contributed by atoms with van der Waals surface area (Å²) in [6.07, 6.45) is 2.16. The van der Waals surface area contributed by atoms with Crippen LogP contribution in [0.5, 0.6) is 0 Å². The van der Waals surface area contributed by atoms with Gasteiger partial charge >= 0.3 is 0 Å². The molecule has 1 aromatic carbocycles. The Morgan fingerprint density at radius 1 is 1.25 bits per heavy atom. The molecule has 108 valence electrons. The topological polar surface area (TPSA) is 40.5 Å². The molecule has 1 aromatic rings. The zero-order valence-electron chi connectivity index (χ0n) is 11.1. The molecule has 3 atom stereocenters. The Balaban J connectivity index is 1.67. The van der Waals surface area contributed by atoms with Crippen LogP contribution in [0.1, 0.15) is 30.7 Å². The Labute approximate surface area is 128 Å². The first-order valence-electron chi connectivity index (χ1n) is 6.97. The van der Waals surface area contributed by atoms with Crippen LogP contribution in [0.4, 0.5) is 0 Å². The molecule has 1 heterocycles. The van der Waals surface area contributed by atoms with Crippen molar-refractivity contribution in [3.05, 3.63) is 33.8 Å². The molecule has 5 heteroatoms. The number of nitrogens with zero attached hydrogens (tertiary/aromatic N) is 1. The number of β-amino-alcohol motifs (C(OH)–C–C–N with tert-alkyl or cyclic N) is 1. The molecule has 2 aliphatic rings. The molecule has 0 spiro atoms. The quantitative estimate of drug-likeness (QED) is 0.911. The number of hydrogen-bond donors (Lipinski definition) is 1. The highest BCUT2D eigenvalue weighted by atomic mass is 35.5. The maximum absolute atomic E-state index is 12.4. The van der Waals surface area contributed by atoms with Crippen LogP contribution < -0.4 is 0 Å². The van der Waals surface area contributed by atoms with Crippen molar-refractivity contribution in [3.8, 4) is 0 Å². The molecule has 0 bridgehead atoms. The lowest BCUT2D eigenvalue weighted by Gasteiger charge is -2.30. The largest absolute Gasteiger partial charge is 0.391 e. The molecule has 0 aromatic heterocycles. The SMILES string of the molecule is O=C([C@@H]1C[C@H]1c1cc(Cl)cc(Cl)c1)N1CCC[C@@H](O)C1. The summed E-state index contributed by atoms with van der Waals surface area (Å²) >= 11 is 12.0. The first-order chi connectivity index (χ1) is 9.54. The summed E-state index contributed by atoms with van der Waals surface area (Å²) in [6.45, 7) is 1.23. The highest BCUT2D eigenvalue weighted by molar-refractivity contribution is 6.34. The molecule has 0 unspecified atom stereocenters. The lowest BCUT2D eigenvalue weighted by molar-refractivity contribution is -0.135. The molecule has 1 amide bonds. The number of rotatable bonds is 2. The highest BCUT2D eigenvalue weighted by Gasteiger charge is 2.46. The molecule has 3 nitrogen and oxygen atoms in total. The van der Waals surface area contributed by atoms with Gasteiger partial charge in [0.1, 0.15) is 0 Å². The Morgan fingerprint density at radius 2 is 1.95 bits per heavy atom. The number of hydrogen-bond acceptors (Lipinski definition) is 2. The van der Waals surface area contributed by atoms with Gasteiger partial charge < -0.3 is 10.0 Å². The van der Waals surface area contributed by atoms with Crippen LogP contribution in [0.25, 0.3) is 0 Å². The summed E-state index contributed by atoms with van der Waals surface area (Å²) in [4.78, 5) is 14.2. The van der Waals surface area contributed by atoms with Crippen LogP contribution in [0.2, 0.25) is 10.0 Å². The predicted octanol–water partition coefficient (Wildman–Crippen LogP) is 3.08. The Morgan fingerprint density at radius 3 is 2.60 bits per heavy atom. The van der Waals surface area contributed by atoms with Crippen LogP contribution in [0.3, 0.4) is 0 Å². The lowest BCUT2D eigenvalue weighted by Crippen LogP contribution is -2.43. The fraction of sp³-hybridized carbons (Fsp3) is 0.533. The van der Waals surface area contributed by atoms with Gasteiger partial charge in [0.25, 0.3) is 0 Å². The highest BCUT2D eigenvalue weighted by Crippen LogP contribution is 2.49. The van der Waals surface area contributed by atoms with Gasteiger partial charge in [0.2, 0.25) is 5.91 Å². The van der Waals surface area contributed by atoms with E-state index in [0.29, 0.717) is 16.6 Å². The molecular formula is C15H17Cl2NO2. The molecule has 0 radical (unpaired) electrons. The van der Waals surface area contributed by atoms with Gasteiger partial charge in [0, 0.05) is 29.1 Å². The van der Waals surface area contributed by atoms with Gasteiger partial charge in [0.05, 0.1) is 6.10 Å². The summed E-state index contributed by atoms with van der Waals surface area (Å²) in [6, 6.07) is 5.47. The van der Waals surface area contributed by atoms with E-state index in [1.807, 2.05) is 12.1 Å². The van der Waals surface area contributed by atoms with Gasteiger partial charge in [-0.3, -0.25) is 4.79 Å². The second kappa shape index (κ2) is 5.55. The molecule has 2 fully saturated rings. The van der Waals surface area contributed by atoms with E-state index in [9.17, 15) is 9.90 Å². The summed E-state index contributed by atoms with van der Waals surface area (Å²) in [5.41, 5.74) is 1.04. The van der Waals surface area contributed by atoms with Crippen molar-refractivity contribution >= 4 is 29.1 Å². The van der Waals surface area contributed by atoms with E-state index in [1.54, 1.807) is 11.0 Å². The smallest absolute Gasteiger partial charge is 0.226 e. The summed E-state index contributed by atoms with van der Waals surface area (Å²) in [5.74, 6) is 0.400. The van der Waals surface area contributed by atoms with Crippen LogP contribution in [-0.2, 0) is 4.79 Å². The van der Waals surface area contributed by atoms with Gasteiger partial charge in [-0.25, -0.2) is 0 Å². The zero-order valence-corrected chi connectivity index (χ0v) is 12.6. The average molecular weight is 314 g/mol. The van der Waals surface area contributed by atoms with Crippen molar-refractivity contribution in [1.29, 1.82) is 0 Å². The average Bonchev–Trinajstić information content (AvgIpc) is 3.17. The van der Waals surface area contributed by atoms with Crippen LogP contribution in [0.15, 0.2) is 18.2 Å². The number of piperidine rings is 1. The number of carbonyl (C=O) groups is 1. The van der Waals surface area contributed by atoms with Crippen molar-refractivity contribution in [1.82, 2.24) is 4.90 Å². The van der Waals surface area contributed by atoms with E-state index in [1.165, 1.54) is 0 Å². The van der Waals surface area contributed by atoms with Gasteiger partial charge in [-0.2, -0.15) is 0 Å². The van der Waals surface area contributed by atoms with Crippen molar-refractivity contribution in [2.24, 2.45) is 5.92 Å². The Kier molecular flexibility index (Phi) is 3.93. The van der Waals surface area contributed by atoms with E-state index >= 15 is 0 Å². The Hall–Kier alpha value is -0.770. The summed E-state index contributed by atoms with van der Waals surface area (Å²) in [5, 5.41) is 10.9. The number of carbonyl (C=O) groups excluding carboxylic acids is 1. The van der Waals surface area contributed by atoms with E-state index in [4.69, 9.17) is 23.2 Å². The third kappa shape index (κ3) is 2.95. The number of amides is 1. The number of halogens is 2. The molecule has 3 rings (SSSR count).